The number of nitrogens with one attached hydrogen (secondary N) is 2. The van der Waals surface area contributed by atoms with E-state index in [0.29, 0.717) is 0 Å². The van der Waals surface area contributed by atoms with Crippen LogP contribution in [0.25, 0.3) is 10.8 Å². The maximum absolute atomic E-state index is 10.8. The van der Waals surface area contributed by atoms with Crippen LogP contribution in [-0.4, -0.2) is 17.8 Å². The van der Waals surface area contributed by atoms with Crippen LogP contribution >= 0.6 is 0 Å². The van der Waals surface area contributed by atoms with Crippen LogP contribution < -0.4 is 22.5 Å². The molecule has 0 saturated carbocycles. The zero-order valence-electron chi connectivity index (χ0n) is 11.6. The summed E-state index contributed by atoms with van der Waals surface area (Å²) in [7, 11) is 0. The minimum Gasteiger partial charge on any atom is -0.370 e. The Morgan fingerprint density at radius 2 is 1.67 bits per heavy atom. The number of hydrogen-bond acceptors (Lipinski definition) is 3. The first kappa shape index (κ1) is 16.0. The van der Waals surface area contributed by atoms with E-state index in [0.717, 1.165) is 16.5 Å². The Kier molecular flexibility index (Phi) is 5.69. The van der Waals surface area contributed by atoms with Gasteiger partial charge in [0.15, 0.2) is 5.96 Å². The third-order valence-electron chi connectivity index (χ3n) is 2.31. The van der Waals surface area contributed by atoms with Crippen LogP contribution in [0.3, 0.4) is 0 Å². The Morgan fingerprint density at radius 1 is 1.10 bits per heavy atom. The molecule has 2 rings (SSSR count). The van der Waals surface area contributed by atoms with E-state index in [2.05, 4.69) is 21.8 Å². The normalized spacial score (nSPS) is 10.4. The number of carbonyl (C=O) groups is 1. The average molecular weight is 286 g/mol. The number of amides is 1. The summed E-state index contributed by atoms with van der Waals surface area (Å²) in [5.41, 5.74) is 15.3. The largest absolute Gasteiger partial charge is 0.370 e. The lowest BCUT2D eigenvalue weighted by molar-refractivity contribution is -0.117. The molecule has 0 aliphatic heterocycles. The molecule has 1 amide bonds. The zero-order chi connectivity index (χ0) is 15.8. The van der Waals surface area contributed by atoms with E-state index < -0.39 is 0 Å². The molecular weight excluding hydrogens is 268 g/mol. The Balaban J connectivity index is 0.000000491. The fourth-order valence-electron chi connectivity index (χ4n) is 1.64. The van der Waals surface area contributed by atoms with Gasteiger partial charge in [-0.2, -0.15) is 0 Å². The van der Waals surface area contributed by atoms with Crippen molar-refractivity contribution in [1.29, 1.82) is 5.41 Å². The second kappa shape index (κ2) is 7.49. The summed E-state index contributed by atoms with van der Waals surface area (Å²) in [6, 6.07) is 13.6. The molecule has 2 aromatic carbocycles. The van der Waals surface area contributed by atoms with Gasteiger partial charge in [0.05, 0.1) is 5.69 Å². The van der Waals surface area contributed by atoms with Gasteiger partial charge in [-0.3, -0.25) is 15.5 Å². The van der Waals surface area contributed by atoms with Gasteiger partial charge < -0.3 is 17.2 Å². The van der Waals surface area contributed by atoms with Crippen LogP contribution in [-0.2, 0) is 4.79 Å². The summed E-state index contributed by atoms with van der Waals surface area (Å²) >= 11 is 0. The van der Waals surface area contributed by atoms with Crippen LogP contribution in [0.4, 0.5) is 5.69 Å². The molecule has 110 valence electrons. The van der Waals surface area contributed by atoms with Crippen molar-refractivity contribution in [1.82, 2.24) is 5.32 Å². The number of benzene rings is 2. The molecule has 0 spiro atoms. The van der Waals surface area contributed by atoms with E-state index in [9.17, 15) is 4.79 Å². The first-order valence-electron chi connectivity index (χ1n) is 6.09. The van der Waals surface area contributed by atoms with Crippen LogP contribution in [0, 0.1) is 5.41 Å². The van der Waals surface area contributed by atoms with E-state index in [4.69, 9.17) is 11.1 Å². The number of hydrogen-bond donors (Lipinski definition) is 5. The second-order valence-electron chi connectivity index (χ2n) is 4.13. The van der Waals surface area contributed by atoms with Crippen LogP contribution in [0.1, 0.15) is 6.92 Å². The molecule has 0 aliphatic carbocycles. The summed E-state index contributed by atoms with van der Waals surface area (Å²) < 4.78 is 0. The van der Waals surface area contributed by atoms with Crippen LogP contribution in [0.2, 0.25) is 0 Å². The van der Waals surface area contributed by atoms with Gasteiger partial charge in [0, 0.05) is 12.3 Å². The molecule has 21 heavy (non-hydrogen) atoms. The molecule has 0 fully saturated rings. The number of nitrogens with zero attached hydrogens (tertiary/aromatic N) is 1. The van der Waals surface area contributed by atoms with E-state index >= 15 is 0 Å². The lowest BCUT2D eigenvalue weighted by atomic mass is 10.1. The number of nitrogens with two attached hydrogens (primary N) is 3. The lowest BCUT2D eigenvalue weighted by Gasteiger charge is -2.04. The summed E-state index contributed by atoms with van der Waals surface area (Å²) in [6.07, 6.45) is 0. The quantitative estimate of drug-likeness (QED) is 0.389. The van der Waals surface area contributed by atoms with Gasteiger partial charge in [-0.25, -0.2) is 4.99 Å². The SMILES string of the molecule is CC(=O)NC(N)=Nc1cccc2ccccc12.N=C(N)N. The van der Waals surface area contributed by atoms with Crippen LogP contribution in [0.15, 0.2) is 47.5 Å². The summed E-state index contributed by atoms with van der Waals surface area (Å²) in [6.45, 7) is 1.39. The van der Waals surface area contributed by atoms with Crippen LogP contribution in [0.5, 0.6) is 0 Å². The van der Waals surface area contributed by atoms with Gasteiger partial charge in [-0.15, -0.1) is 0 Å². The highest BCUT2D eigenvalue weighted by Gasteiger charge is 2.00. The van der Waals surface area contributed by atoms with E-state index in [1.165, 1.54) is 6.92 Å². The van der Waals surface area contributed by atoms with Crippen molar-refractivity contribution in [2.45, 2.75) is 6.92 Å². The van der Waals surface area contributed by atoms with Crippen molar-refractivity contribution >= 4 is 34.3 Å². The predicted molar refractivity (Wildman–Crippen MR) is 85.1 cm³/mol. The monoisotopic (exact) mass is 286 g/mol. The van der Waals surface area contributed by atoms with Crippen molar-refractivity contribution in [3.8, 4) is 0 Å². The summed E-state index contributed by atoms with van der Waals surface area (Å²) in [5, 5.41) is 10.6. The van der Waals surface area contributed by atoms with Gasteiger partial charge >= 0.3 is 0 Å². The smallest absolute Gasteiger partial charge is 0.223 e. The minimum atomic E-state index is -0.333. The molecule has 0 saturated heterocycles. The molecular formula is C14H18N6O. The van der Waals surface area contributed by atoms with Gasteiger partial charge in [0.1, 0.15) is 0 Å². The molecule has 0 unspecified atom stereocenters. The number of guanidine groups is 2. The minimum absolute atomic E-state index is 0.105. The number of fused-ring (bicyclic) bond motifs is 1. The molecule has 7 heteroatoms. The highest BCUT2D eigenvalue weighted by Crippen LogP contribution is 2.25. The highest BCUT2D eigenvalue weighted by molar-refractivity contribution is 5.99. The molecule has 2 aromatic rings. The third-order valence-corrected chi connectivity index (χ3v) is 2.31. The number of carbonyl (C=O) groups excluding carboxylic acids is 1. The van der Waals surface area contributed by atoms with Crippen molar-refractivity contribution in [2.75, 3.05) is 0 Å². The summed E-state index contributed by atoms with van der Waals surface area (Å²) in [5.74, 6) is -0.458. The van der Waals surface area contributed by atoms with Crippen molar-refractivity contribution in [2.24, 2.45) is 22.2 Å². The Morgan fingerprint density at radius 3 is 2.29 bits per heavy atom. The van der Waals surface area contributed by atoms with Gasteiger partial charge in [-0.1, -0.05) is 36.4 Å². The van der Waals surface area contributed by atoms with Crippen molar-refractivity contribution in [3.63, 3.8) is 0 Å². The fraction of sp³-hybridized carbons (Fsp3) is 0.0714. The maximum atomic E-state index is 10.8. The predicted octanol–water partition coefficient (Wildman–Crippen LogP) is 0.761. The molecule has 0 aliphatic rings. The maximum Gasteiger partial charge on any atom is 0.223 e. The average Bonchev–Trinajstić information content (AvgIpc) is 2.37. The molecule has 0 heterocycles. The second-order valence-corrected chi connectivity index (χ2v) is 4.13. The molecule has 0 radical (unpaired) electrons. The van der Waals surface area contributed by atoms with Crippen molar-refractivity contribution in [3.05, 3.63) is 42.5 Å². The Bertz CT molecular complexity index is 671. The third kappa shape index (κ3) is 5.60. The van der Waals surface area contributed by atoms with Gasteiger partial charge in [0.25, 0.3) is 0 Å². The first-order valence-corrected chi connectivity index (χ1v) is 6.09. The number of aliphatic imine (C=N–C) groups is 1. The first-order chi connectivity index (χ1) is 9.90. The number of rotatable bonds is 1. The van der Waals surface area contributed by atoms with Crippen molar-refractivity contribution < 1.29 is 4.79 Å². The van der Waals surface area contributed by atoms with E-state index in [1.807, 2.05) is 42.5 Å². The lowest BCUT2D eigenvalue weighted by Crippen LogP contribution is -2.34. The van der Waals surface area contributed by atoms with E-state index in [-0.39, 0.29) is 17.8 Å². The van der Waals surface area contributed by atoms with Gasteiger partial charge in [0.2, 0.25) is 11.9 Å². The Hall–Kier alpha value is -3.09. The standard InChI is InChI=1S/C13H13N3O.CH5N3/c1-9(17)15-13(14)16-12-8-4-6-10-5-2-3-7-11(10)12;2-1(3)4/h2-8H,1H3,(H3,14,15,16,17);(H5,2,3,4). The highest BCUT2D eigenvalue weighted by atomic mass is 16.1. The molecule has 0 bridgehead atoms. The molecule has 7 nitrogen and oxygen atoms in total. The summed E-state index contributed by atoms with van der Waals surface area (Å²) in [4.78, 5) is 15.0. The molecule has 0 aromatic heterocycles. The topological polar surface area (TPSA) is 143 Å². The fourth-order valence-corrected chi connectivity index (χ4v) is 1.64. The molecule has 8 N–H and O–H groups in total. The van der Waals surface area contributed by atoms with Gasteiger partial charge in [-0.05, 0) is 11.5 Å². The Labute approximate surface area is 122 Å². The van der Waals surface area contributed by atoms with E-state index in [1.54, 1.807) is 0 Å². The zero-order valence-corrected chi connectivity index (χ0v) is 11.6. The molecule has 0 atom stereocenters.